The average molecular weight is 290 g/mol. The fraction of sp³-hybridized carbons (Fsp3) is 0.214. The number of hydrogen-bond donors (Lipinski definition) is 2. The molecule has 21 heavy (non-hydrogen) atoms. The van der Waals surface area contributed by atoms with Gasteiger partial charge in [-0.05, 0) is 13.0 Å². The second kappa shape index (κ2) is 6.08. The summed E-state index contributed by atoms with van der Waals surface area (Å²) in [6.07, 6.45) is 0. The summed E-state index contributed by atoms with van der Waals surface area (Å²) in [6.45, 7) is 2.46. The zero-order valence-corrected chi connectivity index (χ0v) is 11.6. The Kier molecular flexibility index (Phi) is 4.22. The third kappa shape index (κ3) is 3.38. The second-order valence-electron chi connectivity index (χ2n) is 4.36. The number of aryl methyl sites for hydroxylation is 1. The Balaban J connectivity index is 2.01. The molecule has 0 unspecified atom stereocenters. The molecule has 0 bridgehead atoms. The van der Waals surface area contributed by atoms with Gasteiger partial charge < -0.3 is 9.15 Å². The molecule has 2 amide bonds. The maximum Gasteiger partial charge on any atom is 0.375 e. The Morgan fingerprint density at radius 3 is 2.57 bits per heavy atom. The molecule has 0 fully saturated rings. The average Bonchev–Trinajstić information content (AvgIpc) is 2.80. The third-order valence-corrected chi connectivity index (χ3v) is 2.74. The molecule has 110 valence electrons. The Bertz CT molecular complexity index is 704. The summed E-state index contributed by atoms with van der Waals surface area (Å²) in [5.74, 6) is -1.75. The van der Waals surface area contributed by atoms with E-state index in [0.29, 0.717) is 11.1 Å². The number of esters is 1. The van der Waals surface area contributed by atoms with Gasteiger partial charge in [-0.15, -0.1) is 0 Å². The van der Waals surface area contributed by atoms with Crippen LogP contribution in [0.3, 0.4) is 0 Å². The largest absolute Gasteiger partial charge is 0.450 e. The molecule has 1 aromatic carbocycles. The maximum absolute atomic E-state index is 11.9. The summed E-state index contributed by atoms with van der Waals surface area (Å²) in [5.41, 5.74) is 5.40. The molecule has 7 nitrogen and oxygen atoms in total. The molecule has 0 radical (unpaired) electrons. The van der Waals surface area contributed by atoms with Gasteiger partial charge in [0.15, 0.2) is 6.61 Å². The van der Waals surface area contributed by atoms with Crippen molar-refractivity contribution in [1.29, 1.82) is 0 Å². The van der Waals surface area contributed by atoms with E-state index in [0.717, 1.165) is 5.39 Å². The normalized spacial score (nSPS) is 10.2. The molecule has 2 N–H and O–H groups in total. The minimum Gasteiger partial charge on any atom is -0.450 e. The molecular formula is C14H14N2O5. The van der Waals surface area contributed by atoms with Crippen molar-refractivity contribution in [3.8, 4) is 0 Å². The predicted molar refractivity (Wildman–Crippen MR) is 73.2 cm³/mol. The van der Waals surface area contributed by atoms with Gasteiger partial charge in [-0.2, -0.15) is 0 Å². The molecule has 0 saturated carbocycles. The molecule has 2 rings (SSSR count). The van der Waals surface area contributed by atoms with E-state index >= 15 is 0 Å². The second-order valence-corrected chi connectivity index (χ2v) is 4.36. The molecule has 1 heterocycles. The van der Waals surface area contributed by atoms with E-state index in [1.165, 1.54) is 6.92 Å². The van der Waals surface area contributed by atoms with Gasteiger partial charge in [-0.25, -0.2) is 4.79 Å². The maximum atomic E-state index is 11.9. The van der Waals surface area contributed by atoms with Crippen LogP contribution >= 0.6 is 0 Å². The summed E-state index contributed by atoms with van der Waals surface area (Å²) >= 11 is 0. The van der Waals surface area contributed by atoms with Crippen LogP contribution in [0.2, 0.25) is 0 Å². The Morgan fingerprint density at radius 1 is 1.19 bits per heavy atom. The Hall–Kier alpha value is -2.83. The molecule has 0 atom stereocenters. The van der Waals surface area contributed by atoms with Crippen molar-refractivity contribution in [3.63, 3.8) is 0 Å². The highest BCUT2D eigenvalue weighted by atomic mass is 16.5. The topological polar surface area (TPSA) is 97.6 Å². The quantitative estimate of drug-likeness (QED) is 0.651. The highest BCUT2D eigenvalue weighted by Crippen LogP contribution is 2.25. The Labute approximate surface area is 120 Å². The Morgan fingerprint density at radius 2 is 1.90 bits per heavy atom. The van der Waals surface area contributed by atoms with Crippen LogP contribution < -0.4 is 10.9 Å². The molecule has 0 saturated heterocycles. The first kappa shape index (κ1) is 14.6. The number of nitrogens with one attached hydrogen (secondary N) is 2. The van der Waals surface area contributed by atoms with Crippen LogP contribution in [0.4, 0.5) is 0 Å². The number of furan rings is 1. The lowest BCUT2D eigenvalue weighted by Gasteiger charge is -2.05. The fourth-order valence-corrected chi connectivity index (χ4v) is 1.76. The minimum atomic E-state index is -0.735. The molecule has 7 heteroatoms. The molecule has 2 aromatic rings. The number of hydrogen-bond acceptors (Lipinski definition) is 5. The number of ether oxygens (including phenoxy) is 1. The van der Waals surface area contributed by atoms with Crippen LogP contribution in [0.1, 0.15) is 23.0 Å². The lowest BCUT2D eigenvalue weighted by Crippen LogP contribution is -2.42. The first-order chi connectivity index (χ1) is 9.99. The lowest BCUT2D eigenvalue weighted by molar-refractivity contribution is -0.129. The van der Waals surface area contributed by atoms with Gasteiger partial charge >= 0.3 is 5.97 Å². The van der Waals surface area contributed by atoms with Gasteiger partial charge in [0.1, 0.15) is 5.58 Å². The van der Waals surface area contributed by atoms with Crippen LogP contribution in [0.15, 0.2) is 28.7 Å². The van der Waals surface area contributed by atoms with Gasteiger partial charge in [0.05, 0.1) is 0 Å². The summed E-state index contributed by atoms with van der Waals surface area (Å²) < 4.78 is 10.3. The van der Waals surface area contributed by atoms with Gasteiger partial charge in [0.25, 0.3) is 5.91 Å². The number of carbonyl (C=O) groups is 3. The van der Waals surface area contributed by atoms with Crippen molar-refractivity contribution >= 4 is 28.8 Å². The van der Waals surface area contributed by atoms with Crippen molar-refractivity contribution in [2.24, 2.45) is 0 Å². The number of rotatable bonds is 3. The number of benzene rings is 1. The summed E-state index contributed by atoms with van der Waals surface area (Å²) in [7, 11) is 0. The van der Waals surface area contributed by atoms with Gasteiger partial charge in [0, 0.05) is 17.9 Å². The van der Waals surface area contributed by atoms with Crippen molar-refractivity contribution in [2.75, 3.05) is 6.61 Å². The van der Waals surface area contributed by atoms with E-state index in [1.54, 1.807) is 19.1 Å². The SMILES string of the molecule is CC(=O)NNC(=O)COC(=O)c1oc2ccccc2c1C. The molecule has 1 aromatic heterocycles. The highest BCUT2D eigenvalue weighted by molar-refractivity contribution is 5.96. The standard InChI is InChI=1S/C14H14N2O5/c1-8-10-5-3-4-6-11(10)21-13(8)14(19)20-7-12(18)16-15-9(2)17/h3-6H,7H2,1-2H3,(H,15,17)(H,16,18). The zero-order valence-electron chi connectivity index (χ0n) is 11.6. The lowest BCUT2D eigenvalue weighted by atomic mass is 10.1. The molecule has 0 aliphatic heterocycles. The summed E-state index contributed by atoms with van der Waals surface area (Å²) in [6, 6.07) is 7.19. The van der Waals surface area contributed by atoms with Gasteiger partial charge in [-0.3, -0.25) is 20.4 Å². The highest BCUT2D eigenvalue weighted by Gasteiger charge is 2.19. The summed E-state index contributed by atoms with van der Waals surface area (Å²) in [5, 5.41) is 0.812. The van der Waals surface area contributed by atoms with E-state index in [9.17, 15) is 14.4 Å². The molecule has 0 spiro atoms. The van der Waals surface area contributed by atoms with Crippen LogP contribution in [0.25, 0.3) is 11.0 Å². The van der Waals surface area contributed by atoms with Crippen molar-refractivity contribution in [2.45, 2.75) is 13.8 Å². The van der Waals surface area contributed by atoms with Crippen molar-refractivity contribution in [1.82, 2.24) is 10.9 Å². The van der Waals surface area contributed by atoms with E-state index in [2.05, 4.69) is 10.9 Å². The van der Waals surface area contributed by atoms with E-state index in [1.807, 2.05) is 12.1 Å². The van der Waals surface area contributed by atoms with Crippen LogP contribution in [0, 0.1) is 6.92 Å². The molecule has 0 aliphatic carbocycles. The molecule has 0 aliphatic rings. The first-order valence-electron chi connectivity index (χ1n) is 6.19. The number of fused-ring (bicyclic) bond motifs is 1. The van der Waals surface area contributed by atoms with E-state index < -0.39 is 24.4 Å². The summed E-state index contributed by atoms with van der Waals surface area (Å²) in [4.78, 5) is 33.8. The van der Waals surface area contributed by atoms with E-state index in [-0.39, 0.29) is 5.76 Å². The number of carbonyl (C=O) groups excluding carboxylic acids is 3. The van der Waals surface area contributed by atoms with Crippen molar-refractivity contribution in [3.05, 3.63) is 35.6 Å². The third-order valence-electron chi connectivity index (χ3n) is 2.74. The monoisotopic (exact) mass is 290 g/mol. The number of hydrazine groups is 1. The smallest absolute Gasteiger partial charge is 0.375 e. The molecular weight excluding hydrogens is 276 g/mol. The van der Waals surface area contributed by atoms with Crippen LogP contribution in [-0.2, 0) is 14.3 Å². The first-order valence-corrected chi connectivity index (χ1v) is 6.19. The predicted octanol–water partition coefficient (Wildman–Crippen LogP) is 1.07. The fourth-order valence-electron chi connectivity index (χ4n) is 1.76. The van der Waals surface area contributed by atoms with Gasteiger partial charge in [-0.1, -0.05) is 18.2 Å². The van der Waals surface area contributed by atoms with Crippen LogP contribution in [-0.4, -0.2) is 24.4 Å². The van der Waals surface area contributed by atoms with E-state index in [4.69, 9.17) is 9.15 Å². The number of para-hydroxylation sites is 1. The number of amides is 2. The van der Waals surface area contributed by atoms with Crippen LogP contribution in [0.5, 0.6) is 0 Å². The van der Waals surface area contributed by atoms with Gasteiger partial charge in [0.2, 0.25) is 11.7 Å². The minimum absolute atomic E-state index is 0.0588. The van der Waals surface area contributed by atoms with Crippen molar-refractivity contribution < 1.29 is 23.5 Å². The zero-order chi connectivity index (χ0) is 15.4.